The molecule has 0 aromatic heterocycles. The second-order valence-corrected chi connectivity index (χ2v) is 5.96. The highest BCUT2D eigenvalue weighted by atomic mass is 16.6. The number of carbonyl (C=O) groups is 2. The van der Waals surface area contributed by atoms with Gasteiger partial charge in [0.1, 0.15) is 30.3 Å². The molecule has 2 aromatic rings. The zero-order valence-electron chi connectivity index (χ0n) is 15.8. The van der Waals surface area contributed by atoms with Crippen LogP contribution in [0.15, 0.2) is 36.4 Å². The Kier molecular flexibility index (Phi) is 5.88. The number of fused-ring (bicyclic) bond motifs is 1. The summed E-state index contributed by atoms with van der Waals surface area (Å²) in [6.45, 7) is 2.42. The Morgan fingerprint density at radius 2 is 1.75 bits per heavy atom. The lowest BCUT2D eigenvalue weighted by Crippen LogP contribution is -2.30. The van der Waals surface area contributed by atoms with Crippen LogP contribution in [0.25, 0.3) is 0 Å². The summed E-state index contributed by atoms with van der Waals surface area (Å²) >= 11 is 0. The summed E-state index contributed by atoms with van der Waals surface area (Å²) in [6.07, 6.45) is -1.02. The van der Waals surface area contributed by atoms with Gasteiger partial charge >= 0.3 is 5.97 Å². The minimum absolute atomic E-state index is 0.197. The SMILES string of the molecule is COc1ccc(C(=O)OC(C)C(=O)Nc2ccc3c(c2)OCCO3)c(OC)c1. The molecule has 0 aliphatic carbocycles. The number of esters is 1. The number of hydrogen-bond donors (Lipinski definition) is 1. The second-order valence-electron chi connectivity index (χ2n) is 5.96. The molecular formula is C20H21NO7. The van der Waals surface area contributed by atoms with E-state index in [0.29, 0.717) is 41.9 Å². The van der Waals surface area contributed by atoms with Gasteiger partial charge in [-0.2, -0.15) is 0 Å². The number of methoxy groups -OCH3 is 2. The molecule has 0 bridgehead atoms. The topological polar surface area (TPSA) is 92.3 Å². The monoisotopic (exact) mass is 387 g/mol. The first-order valence-corrected chi connectivity index (χ1v) is 8.65. The van der Waals surface area contributed by atoms with Gasteiger partial charge in [-0.3, -0.25) is 4.79 Å². The number of nitrogens with one attached hydrogen (secondary N) is 1. The minimum Gasteiger partial charge on any atom is -0.497 e. The molecule has 0 saturated heterocycles. The predicted molar refractivity (Wildman–Crippen MR) is 100 cm³/mol. The van der Waals surface area contributed by atoms with Crippen LogP contribution in [0.3, 0.4) is 0 Å². The molecule has 28 heavy (non-hydrogen) atoms. The van der Waals surface area contributed by atoms with Crippen molar-refractivity contribution in [3.05, 3.63) is 42.0 Å². The number of amides is 1. The molecule has 1 N–H and O–H groups in total. The predicted octanol–water partition coefficient (Wildman–Crippen LogP) is 2.66. The van der Waals surface area contributed by atoms with Crippen molar-refractivity contribution < 1.29 is 33.3 Å². The lowest BCUT2D eigenvalue weighted by Gasteiger charge is -2.19. The van der Waals surface area contributed by atoms with Gasteiger partial charge in [0.25, 0.3) is 5.91 Å². The van der Waals surface area contributed by atoms with E-state index in [1.165, 1.54) is 27.2 Å². The number of carbonyl (C=O) groups excluding carboxylic acids is 2. The highest BCUT2D eigenvalue weighted by molar-refractivity contribution is 5.98. The molecule has 0 spiro atoms. The van der Waals surface area contributed by atoms with Crippen LogP contribution in [0.1, 0.15) is 17.3 Å². The van der Waals surface area contributed by atoms with Crippen LogP contribution in [-0.2, 0) is 9.53 Å². The highest BCUT2D eigenvalue weighted by Gasteiger charge is 2.22. The summed E-state index contributed by atoms with van der Waals surface area (Å²) < 4.78 is 26.5. The number of anilines is 1. The molecule has 1 atom stereocenters. The van der Waals surface area contributed by atoms with Crippen molar-refractivity contribution in [2.45, 2.75) is 13.0 Å². The van der Waals surface area contributed by atoms with E-state index in [1.807, 2.05) is 0 Å². The van der Waals surface area contributed by atoms with Crippen LogP contribution in [0, 0.1) is 0 Å². The van der Waals surface area contributed by atoms with Crippen LogP contribution < -0.4 is 24.3 Å². The molecule has 1 heterocycles. The third-order valence-corrected chi connectivity index (χ3v) is 4.09. The first kappa shape index (κ1) is 19.3. The van der Waals surface area contributed by atoms with E-state index < -0.39 is 18.0 Å². The first-order chi connectivity index (χ1) is 13.5. The van der Waals surface area contributed by atoms with Gasteiger partial charge in [-0.1, -0.05) is 0 Å². The maximum atomic E-state index is 12.4. The van der Waals surface area contributed by atoms with Crippen LogP contribution in [0.5, 0.6) is 23.0 Å². The Morgan fingerprint density at radius 3 is 2.46 bits per heavy atom. The second kappa shape index (κ2) is 8.51. The molecule has 0 saturated carbocycles. The molecule has 2 aromatic carbocycles. The molecule has 8 nitrogen and oxygen atoms in total. The minimum atomic E-state index is -1.02. The van der Waals surface area contributed by atoms with Crippen molar-refractivity contribution in [3.63, 3.8) is 0 Å². The fourth-order valence-corrected chi connectivity index (χ4v) is 2.61. The lowest BCUT2D eigenvalue weighted by molar-refractivity contribution is -0.123. The Hall–Kier alpha value is -3.42. The van der Waals surface area contributed by atoms with Crippen LogP contribution in [0.2, 0.25) is 0 Å². The quantitative estimate of drug-likeness (QED) is 0.762. The van der Waals surface area contributed by atoms with E-state index in [2.05, 4.69) is 5.32 Å². The maximum Gasteiger partial charge on any atom is 0.342 e. The number of rotatable bonds is 6. The van der Waals surface area contributed by atoms with Crippen molar-refractivity contribution in [1.29, 1.82) is 0 Å². The Bertz CT molecular complexity index is 881. The fourth-order valence-electron chi connectivity index (χ4n) is 2.61. The van der Waals surface area contributed by atoms with Crippen LogP contribution >= 0.6 is 0 Å². The van der Waals surface area contributed by atoms with Crippen molar-refractivity contribution in [3.8, 4) is 23.0 Å². The summed E-state index contributed by atoms with van der Waals surface area (Å²) in [5.74, 6) is 0.857. The van der Waals surface area contributed by atoms with Gasteiger partial charge in [0.05, 0.1) is 14.2 Å². The Morgan fingerprint density at radius 1 is 1.00 bits per heavy atom. The third kappa shape index (κ3) is 4.28. The first-order valence-electron chi connectivity index (χ1n) is 8.65. The summed E-state index contributed by atoms with van der Waals surface area (Å²) in [5, 5.41) is 2.69. The zero-order valence-corrected chi connectivity index (χ0v) is 15.8. The van der Waals surface area contributed by atoms with Crippen molar-refractivity contribution >= 4 is 17.6 Å². The van der Waals surface area contributed by atoms with E-state index in [-0.39, 0.29) is 5.56 Å². The van der Waals surface area contributed by atoms with E-state index in [9.17, 15) is 9.59 Å². The molecule has 3 rings (SSSR count). The standard InChI is InChI=1S/C20H21NO7/c1-12(28-20(23)15-6-5-14(24-2)11-17(15)25-3)19(22)21-13-4-7-16-18(10-13)27-9-8-26-16/h4-7,10-12H,8-9H2,1-3H3,(H,21,22). The Balaban J connectivity index is 1.65. The van der Waals surface area contributed by atoms with Gasteiger partial charge in [0.2, 0.25) is 0 Å². The number of benzene rings is 2. The van der Waals surface area contributed by atoms with Gasteiger partial charge < -0.3 is 29.0 Å². The average Bonchev–Trinajstić information content (AvgIpc) is 2.72. The van der Waals surface area contributed by atoms with Gasteiger partial charge in [-0.25, -0.2) is 4.79 Å². The Labute approximate surface area is 162 Å². The fraction of sp³-hybridized carbons (Fsp3) is 0.300. The molecule has 8 heteroatoms. The van der Waals surface area contributed by atoms with Gasteiger partial charge in [0.15, 0.2) is 17.6 Å². The molecule has 1 unspecified atom stereocenters. The molecule has 1 aliphatic heterocycles. The number of hydrogen-bond acceptors (Lipinski definition) is 7. The van der Waals surface area contributed by atoms with Gasteiger partial charge in [-0.05, 0) is 31.2 Å². The van der Waals surface area contributed by atoms with E-state index >= 15 is 0 Å². The molecule has 1 amide bonds. The van der Waals surface area contributed by atoms with E-state index in [0.717, 1.165) is 0 Å². The molecule has 0 radical (unpaired) electrons. The van der Waals surface area contributed by atoms with Crippen molar-refractivity contribution in [2.75, 3.05) is 32.8 Å². The molecule has 0 fully saturated rings. The average molecular weight is 387 g/mol. The smallest absolute Gasteiger partial charge is 0.342 e. The summed E-state index contributed by atoms with van der Waals surface area (Å²) in [7, 11) is 2.95. The normalized spacial score (nSPS) is 13.2. The summed E-state index contributed by atoms with van der Waals surface area (Å²) in [4.78, 5) is 24.8. The van der Waals surface area contributed by atoms with Gasteiger partial charge in [0, 0.05) is 17.8 Å². The third-order valence-electron chi connectivity index (χ3n) is 4.09. The molecule has 1 aliphatic rings. The van der Waals surface area contributed by atoms with Crippen LogP contribution in [0.4, 0.5) is 5.69 Å². The lowest BCUT2D eigenvalue weighted by atomic mass is 10.2. The summed E-state index contributed by atoms with van der Waals surface area (Å²) in [6, 6.07) is 9.75. The van der Waals surface area contributed by atoms with Crippen molar-refractivity contribution in [1.82, 2.24) is 0 Å². The maximum absolute atomic E-state index is 12.4. The van der Waals surface area contributed by atoms with Crippen LogP contribution in [-0.4, -0.2) is 45.4 Å². The molecular weight excluding hydrogens is 366 g/mol. The van der Waals surface area contributed by atoms with Crippen molar-refractivity contribution in [2.24, 2.45) is 0 Å². The number of ether oxygens (including phenoxy) is 5. The summed E-state index contributed by atoms with van der Waals surface area (Å²) in [5.41, 5.74) is 0.710. The highest BCUT2D eigenvalue weighted by Crippen LogP contribution is 2.32. The zero-order chi connectivity index (χ0) is 20.1. The van der Waals surface area contributed by atoms with Gasteiger partial charge in [-0.15, -0.1) is 0 Å². The largest absolute Gasteiger partial charge is 0.497 e. The van der Waals surface area contributed by atoms with E-state index in [4.69, 9.17) is 23.7 Å². The molecule has 148 valence electrons. The van der Waals surface area contributed by atoms with E-state index in [1.54, 1.807) is 30.3 Å².